The highest BCUT2D eigenvalue weighted by atomic mass is 16.7. The number of carbonyl (C=O) groups excluding carboxylic acids is 1. The van der Waals surface area contributed by atoms with Gasteiger partial charge in [-0.3, -0.25) is 4.90 Å². The van der Waals surface area contributed by atoms with E-state index < -0.39 is 36.0 Å². The molecule has 35 heavy (non-hydrogen) atoms. The minimum Gasteiger partial charge on any atom is -0.444 e. The van der Waals surface area contributed by atoms with Gasteiger partial charge < -0.3 is 23.7 Å². The van der Waals surface area contributed by atoms with Gasteiger partial charge in [0, 0.05) is 7.11 Å². The van der Waals surface area contributed by atoms with E-state index in [1.165, 1.54) is 0 Å². The van der Waals surface area contributed by atoms with Gasteiger partial charge in [-0.25, -0.2) is 4.79 Å². The van der Waals surface area contributed by atoms with Crippen LogP contribution < -0.4 is 0 Å². The number of methoxy groups -OCH3 is 1. The van der Waals surface area contributed by atoms with E-state index in [1.807, 2.05) is 81.4 Å². The third-order valence-corrected chi connectivity index (χ3v) is 5.60. The lowest BCUT2D eigenvalue weighted by Crippen LogP contribution is -2.64. The first kappa shape index (κ1) is 26.9. The van der Waals surface area contributed by atoms with Gasteiger partial charge in [-0.05, 0) is 31.9 Å². The number of carbonyl (C=O) groups is 1. The van der Waals surface area contributed by atoms with Crippen LogP contribution in [0.3, 0.4) is 0 Å². The van der Waals surface area contributed by atoms with Crippen molar-refractivity contribution >= 4 is 6.09 Å². The molecule has 1 amide bonds. The summed E-state index contributed by atoms with van der Waals surface area (Å²) in [5.41, 5.74) is 1.40. The Hall–Kier alpha value is -2.71. The summed E-state index contributed by atoms with van der Waals surface area (Å²) in [4.78, 5) is 14.8. The van der Waals surface area contributed by atoms with Gasteiger partial charge in [0.2, 0.25) is 0 Å². The lowest BCUT2D eigenvalue weighted by Gasteiger charge is -2.47. The minimum atomic E-state index is -0.646. The molecule has 1 fully saturated rings. The number of amides is 1. The molecule has 7 heteroatoms. The van der Waals surface area contributed by atoms with E-state index in [9.17, 15) is 4.79 Å². The fraction of sp³-hybridized carbons (Fsp3) is 0.464. The molecule has 1 saturated heterocycles. The molecule has 0 bridgehead atoms. The second-order valence-corrected chi connectivity index (χ2v) is 9.49. The Morgan fingerprint density at radius 3 is 1.97 bits per heavy atom. The molecule has 0 aromatic heterocycles. The first-order valence-corrected chi connectivity index (χ1v) is 11.9. The van der Waals surface area contributed by atoms with Crippen molar-refractivity contribution in [2.24, 2.45) is 0 Å². The first-order valence-electron chi connectivity index (χ1n) is 11.9. The van der Waals surface area contributed by atoms with Crippen LogP contribution in [0.5, 0.6) is 0 Å². The molecule has 1 heterocycles. The Bertz CT molecular complexity index is 914. The Kier molecular flexibility index (Phi) is 9.86. The zero-order valence-electron chi connectivity index (χ0n) is 21.1. The van der Waals surface area contributed by atoms with Gasteiger partial charge in [-0.1, -0.05) is 66.7 Å². The molecule has 7 nitrogen and oxygen atoms in total. The number of rotatable bonds is 10. The number of ether oxygens (including phenoxy) is 5. The van der Waals surface area contributed by atoms with Crippen LogP contribution in [0.1, 0.15) is 31.9 Å². The molecule has 4 atom stereocenters. The molecule has 0 spiro atoms. The molecule has 0 N–H and O–H groups in total. The van der Waals surface area contributed by atoms with E-state index in [1.54, 1.807) is 18.1 Å². The van der Waals surface area contributed by atoms with E-state index in [4.69, 9.17) is 23.7 Å². The summed E-state index contributed by atoms with van der Waals surface area (Å²) in [5, 5.41) is 0. The maximum absolute atomic E-state index is 13.2. The second-order valence-electron chi connectivity index (χ2n) is 9.49. The molecule has 190 valence electrons. The van der Waals surface area contributed by atoms with Crippen LogP contribution in [-0.4, -0.2) is 61.4 Å². The quantitative estimate of drug-likeness (QED) is 0.352. The number of hydrogen-bond donors (Lipinski definition) is 0. The van der Waals surface area contributed by atoms with Crippen molar-refractivity contribution in [3.8, 4) is 0 Å². The van der Waals surface area contributed by atoms with Crippen molar-refractivity contribution in [3.63, 3.8) is 0 Å². The van der Waals surface area contributed by atoms with Crippen molar-refractivity contribution in [2.75, 3.05) is 20.4 Å². The number of hydrogen-bond acceptors (Lipinski definition) is 6. The Balaban J connectivity index is 1.89. The van der Waals surface area contributed by atoms with Gasteiger partial charge in [-0.15, -0.1) is 6.58 Å². The zero-order chi connectivity index (χ0) is 25.3. The van der Waals surface area contributed by atoms with E-state index >= 15 is 0 Å². The molecular weight excluding hydrogens is 446 g/mol. The van der Waals surface area contributed by atoms with E-state index in [2.05, 4.69) is 6.58 Å². The normalized spacial score (nSPS) is 22.6. The summed E-state index contributed by atoms with van der Waals surface area (Å²) in [7, 11) is 1.56. The molecule has 1 aliphatic heterocycles. The van der Waals surface area contributed by atoms with Crippen LogP contribution in [0.2, 0.25) is 0 Å². The topological polar surface area (TPSA) is 66.5 Å². The minimum absolute atomic E-state index is 0.0577. The first-order chi connectivity index (χ1) is 16.8. The zero-order valence-corrected chi connectivity index (χ0v) is 21.1. The highest BCUT2D eigenvalue weighted by Gasteiger charge is 2.47. The van der Waals surface area contributed by atoms with Gasteiger partial charge >= 0.3 is 6.09 Å². The SMILES string of the molecule is C=C[C@H]1[C@@H](OCc2ccccc2)[C@H](OCc2ccccc2)[C@H](OCOC)CN1C(=O)OC(C)(C)C. The van der Waals surface area contributed by atoms with Crippen molar-refractivity contribution in [1.29, 1.82) is 0 Å². The monoisotopic (exact) mass is 483 g/mol. The van der Waals surface area contributed by atoms with Gasteiger partial charge in [-0.2, -0.15) is 0 Å². The van der Waals surface area contributed by atoms with Crippen LogP contribution in [0.25, 0.3) is 0 Å². The molecule has 0 radical (unpaired) electrons. The number of nitrogens with zero attached hydrogens (tertiary/aromatic N) is 1. The van der Waals surface area contributed by atoms with E-state index in [0.717, 1.165) is 11.1 Å². The molecule has 3 rings (SSSR count). The molecule has 0 saturated carbocycles. The number of likely N-dealkylation sites (tertiary alicyclic amines) is 1. The van der Waals surface area contributed by atoms with Crippen LogP contribution in [0.4, 0.5) is 4.79 Å². The summed E-state index contributed by atoms with van der Waals surface area (Å²) in [6.45, 7) is 10.6. The van der Waals surface area contributed by atoms with Crippen molar-refractivity contribution in [2.45, 2.75) is 63.9 Å². The summed E-state index contributed by atoms with van der Waals surface area (Å²) in [5.74, 6) is 0. The second kappa shape index (κ2) is 12.8. The summed E-state index contributed by atoms with van der Waals surface area (Å²) in [6.07, 6.45) is -0.257. The van der Waals surface area contributed by atoms with Gasteiger partial charge in [0.25, 0.3) is 0 Å². The van der Waals surface area contributed by atoms with E-state index in [0.29, 0.717) is 13.2 Å². The Morgan fingerprint density at radius 2 is 1.49 bits per heavy atom. The average Bonchev–Trinajstić information content (AvgIpc) is 2.84. The van der Waals surface area contributed by atoms with Gasteiger partial charge in [0.15, 0.2) is 0 Å². The van der Waals surface area contributed by atoms with Crippen LogP contribution in [0.15, 0.2) is 73.3 Å². The standard InChI is InChI=1S/C28H37NO6/c1-6-23-25(32-18-21-13-9-7-10-14-21)26(33-19-22-15-11-8-12-16-22)24(34-20-31-5)17-29(23)27(30)35-28(2,3)4/h6-16,23-26H,1,17-20H2,2-5H3/t23-,24+,25+,26+/m0/s1. The maximum Gasteiger partial charge on any atom is 0.410 e. The lowest BCUT2D eigenvalue weighted by molar-refractivity contribution is -0.208. The van der Waals surface area contributed by atoms with Crippen molar-refractivity contribution < 1.29 is 28.5 Å². The molecule has 1 aliphatic rings. The Labute approximate surface area is 208 Å². The molecule has 2 aromatic rings. The van der Waals surface area contributed by atoms with E-state index in [-0.39, 0.29) is 13.3 Å². The number of piperidine rings is 1. The van der Waals surface area contributed by atoms with Gasteiger partial charge in [0.1, 0.15) is 30.7 Å². The molecule has 0 aliphatic carbocycles. The van der Waals surface area contributed by atoms with Crippen LogP contribution in [-0.2, 0) is 36.9 Å². The van der Waals surface area contributed by atoms with Crippen LogP contribution in [0, 0.1) is 0 Å². The predicted molar refractivity (Wildman–Crippen MR) is 134 cm³/mol. The molecule has 0 unspecified atom stereocenters. The summed E-state index contributed by atoms with van der Waals surface area (Å²) < 4.78 is 29.7. The van der Waals surface area contributed by atoms with Crippen molar-refractivity contribution in [1.82, 2.24) is 4.90 Å². The third kappa shape index (κ3) is 7.90. The molecule has 2 aromatic carbocycles. The highest BCUT2D eigenvalue weighted by molar-refractivity contribution is 5.69. The fourth-order valence-electron chi connectivity index (χ4n) is 4.01. The summed E-state index contributed by atoms with van der Waals surface area (Å²) in [6, 6.07) is 19.3. The average molecular weight is 484 g/mol. The number of benzene rings is 2. The Morgan fingerprint density at radius 1 is 0.943 bits per heavy atom. The lowest BCUT2D eigenvalue weighted by atomic mass is 9.93. The maximum atomic E-state index is 13.2. The fourth-order valence-corrected chi connectivity index (χ4v) is 4.01. The van der Waals surface area contributed by atoms with Crippen LogP contribution >= 0.6 is 0 Å². The summed E-state index contributed by atoms with van der Waals surface area (Å²) >= 11 is 0. The van der Waals surface area contributed by atoms with Gasteiger partial charge in [0.05, 0.1) is 25.8 Å². The van der Waals surface area contributed by atoms with Crippen molar-refractivity contribution in [3.05, 3.63) is 84.4 Å². The predicted octanol–water partition coefficient (Wildman–Crippen LogP) is 4.95. The third-order valence-electron chi connectivity index (χ3n) is 5.60. The molecular formula is C28H37NO6. The smallest absolute Gasteiger partial charge is 0.410 e. The largest absolute Gasteiger partial charge is 0.444 e. The highest BCUT2D eigenvalue weighted by Crippen LogP contribution is 2.30.